The molecule has 3 rings (SSSR count). The van der Waals surface area contributed by atoms with Gasteiger partial charge in [-0.15, -0.1) is 0 Å². The zero-order valence-electron chi connectivity index (χ0n) is 12.6. The minimum Gasteiger partial charge on any atom is -0.367 e. The van der Waals surface area contributed by atoms with E-state index in [4.69, 9.17) is 0 Å². The number of nitrogens with zero attached hydrogens (tertiary/aromatic N) is 4. The van der Waals surface area contributed by atoms with Crippen LogP contribution in [0.1, 0.15) is 31.5 Å². The Morgan fingerprint density at radius 1 is 1.19 bits per heavy atom. The summed E-state index contributed by atoms with van der Waals surface area (Å²) in [6.45, 7) is 5.12. The summed E-state index contributed by atoms with van der Waals surface area (Å²) in [5, 5.41) is 3.54. The van der Waals surface area contributed by atoms with Gasteiger partial charge in [-0.3, -0.25) is 4.79 Å². The first-order valence-electron chi connectivity index (χ1n) is 7.81. The van der Waals surface area contributed by atoms with Crippen LogP contribution in [0.3, 0.4) is 0 Å². The van der Waals surface area contributed by atoms with Crippen molar-refractivity contribution >= 4 is 18.0 Å². The van der Waals surface area contributed by atoms with Crippen molar-refractivity contribution in [2.45, 2.75) is 38.6 Å². The Morgan fingerprint density at radius 3 is 2.57 bits per heavy atom. The Bertz CT molecular complexity index is 493. The second kappa shape index (κ2) is 6.28. The summed E-state index contributed by atoms with van der Waals surface area (Å²) in [6, 6.07) is 2.60. The predicted molar refractivity (Wildman–Crippen MR) is 82.5 cm³/mol. The number of aromatic nitrogens is 2. The Balaban J connectivity index is 1.70. The van der Waals surface area contributed by atoms with E-state index >= 15 is 0 Å². The number of rotatable bonds is 4. The van der Waals surface area contributed by atoms with Crippen molar-refractivity contribution in [3.8, 4) is 0 Å². The quantitative estimate of drug-likeness (QED) is 0.849. The number of carbonyl (C=O) groups excluding carboxylic acids is 1. The molecule has 0 bridgehead atoms. The topological polar surface area (TPSA) is 61.4 Å². The van der Waals surface area contributed by atoms with Crippen LogP contribution in [0.5, 0.6) is 0 Å². The highest BCUT2D eigenvalue weighted by Crippen LogP contribution is 2.23. The third-order valence-corrected chi connectivity index (χ3v) is 4.32. The third kappa shape index (κ3) is 3.43. The molecule has 1 saturated carbocycles. The Hall–Kier alpha value is -1.85. The van der Waals surface area contributed by atoms with E-state index in [2.05, 4.69) is 20.2 Å². The van der Waals surface area contributed by atoms with Crippen LogP contribution in [0.2, 0.25) is 0 Å². The van der Waals surface area contributed by atoms with Crippen molar-refractivity contribution in [3.05, 3.63) is 11.9 Å². The van der Waals surface area contributed by atoms with Gasteiger partial charge in [-0.1, -0.05) is 12.8 Å². The monoisotopic (exact) mass is 289 g/mol. The van der Waals surface area contributed by atoms with Gasteiger partial charge in [0, 0.05) is 38.3 Å². The van der Waals surface area contributed by atoms with Gasteiger partial charge in [0.2, 0.25) is 6.41 Å². The predicted octanol–water partition coefficient (Wildman–Crippen LogP) is 1.42. The van der Waals surface area contributed by atoms with E-state index in [1.165, 1.54) is 25.7 Å². The van der Waals surface area contributed by atoms with Crippen LogP contribution in [-0.2, 0) is 4.79 Å². The molecular weight excluding hydrogens is 266 g/mol. The molecule has 1 N–H and O–H groups in total. The molecule has 1 aliphatic carbocycles. The number of hydrogen-bond donors (Lipinski definition) is 1. The van der Waals surface area contributed by atoms with Crippen molar-refractivity contribution in [2.75, 3.05) is 36.4 Å². The average Bonchev–Trinajstić information content (AvgIpc) is 2.99. The zero-order chi connectivity index (χ0) is 14.7. The molecule has 2 fully saturated rings. The largest absolute Gasteiger partial charge is 0.367 e. The van der Waals surface area contributed by atoms with Gasteiger partial charge in [0.15, 0.2) is 0 Å². The Kier molecular flexibility index (Phi) is 4.22. The molecule has 0 spiro atoms. The fourth-order valence-electron chi connectivity index (χ4n) is 3.12. The highest BCUT2D eigenvalue weighted by Gasteiger charge is 2.19. The summed E-state index contributed by atoms with van der Waals surface area (Å²) >= 11 is 0. The van der Waals surface area contributed by atoms with Gasteiger partial charge in [0.1, 0.15) is 17.5 Å². The number of aryl methyl sites for hydroxylation is 1. The number of piperazine rings is 1. The summed E-state index contributed by atoms with van der Waals surface area (Å²) in [7, 11) is 0. The lowest BCUT2D eigenvalue weighted by atomic mass is 10.2. The van der Waals surface area contributed by atoms with Gasteiger partial charge in [-0.2, -0.15) is 0 Å². The molecule has 0 radical (unpaired) electrons. The summed E-state index contributed by atoms with van der Waals surface area (Å²) < 4.78 is 0. The minimum absolute atomic E-state index is 0.555. The lowest BCUT2D eigenvalue weighted by Gasteiger charge is -2.33. The van der Waals surface area contributed by atoms with Crippen LogP contribution >= 0.6 is 0 Å². The van der Waals surface area contributed by atoms with Crippen molar-refractivity contribution in [3.63, 3.8) is 0 Å². The SMILES string of the molecule is Cc1nc(NC2CCCC2)cc(N2CCN(C=O)CC2)n1. The summed E-state index contributed by atoms with van der Waals surface area (Å²) in [5.74, 6) is 2.70. The van der Waals surface area contributed by atoms with Crippen molar-refractivity contribution in [1.82, 2.24) is 14.9 Å². The zero-order valence-corrected chi connectivity index (χ0v) is 12.6. The molecule has 1 aromatic heterocycles. The van der Waals surface area contributed by atoms with Crippen LogP contribution in [0.4, 0.5) is 11.6 Å². The number of anilines is 2. The number of hydrogen-bond acceptors (Lipinski definition) is 5. The maximum atomic E-state index is 10.8. The first kappa shape index (κ1) is 14.1. The smallest absolute Gasteiger partial charge is 0.209 e. The molecule has 1 aliphatic heterocycles. The fraction of sp³-hybridized carbons (Fsp3) is 0.667. The van der Waals surface area contributed by atoms with Crippen LogP contribution in [0, 0.1) is 6.92 Å². The van der Waals surface area contributed by atoms with Crippen LogP contribution in [0.25, 0.3) is 0 Å². The Morgan fingerprint density at radius 2 is 1.90 bits per heavy atom. The molecule has 6 heteroatoms. The standard InChI is InChI=1S/C15H23N5O/c1-12-16-14(18-13-4-2-3-5-13)10-15(17-12)20-8-6-19(11-21)7-9-20/h10-11,13H,2-9H2,1H3,(H,16,17,18). The first-order valence-corrected chi connectivity index (χ1v) is 7.81. The molecule has 1 amide bonds. The van der Waals surface area contributed by atoms with E-state index in [1.54, 1.807) is 0 Å². The molecule has 1 saturated heterocycles. The highest BCUT2D eigenvalue weighted by atomic mass is 16.1. The molecule has 2 heterocycles. The average molecular weight is 289 g/mol. The van der Waals surface area contributed by atoms with Gasteiger partial charge in [0.25, 0.3) is 0 Å². The normalized spacial score (nSPS) is 19.9. The van der Waals surface area contributed by atoms with E-state index < -0.39 is 0 Å². The lowest BCUT2D eigenvalue weighted by molar-refractivity contribution is -0.118. The number of carbonyl (C=O) groups is 1. The van der Waals surface area contributed by atoms with Gasteiger partial charge in [-0.25, -0.2) is 9.97 Å². The molecule has 0 atom stereocenters. The van der Waals surface area contributed by atoms with Crippen molar-refractivity contribution < 1.29 is 4.79 Å². The second-order valence-electron chi connectivity index (χ2n) is 5.91. The molecule has 2 aliphatic rings. The summed E-state index contributed by atoms with van der Waals surface area (Å²) in [4.78, 5) is 23.9. The van der Waals surface area contributed by atoms with E-state index in [0.29, 0.717) is 6.04 Å². The van der Waals surface area contributed by atoms with Crippen LogP contribution in [-0.4, -0.2) is 53.5 Å². The third-order valence-electron chi connectivity index (χ3n) is 4.32. The molecule has 0 aromatic carbocycles. The lowest BCUT2D eigenvalue weighted by Crippen LogP contribution is -2.46. The number of amides is 1. The van der Waals surface area contributed by atoms with E-state index in [-0.39, 0.29) is 0 Å². The highest BCUT2D eigenvalue weighted by molar-refractivity contribution is 5.52. The van der Waals surface area contributed by atoms with E-state index in [1.807, 2.05) is 17.9 Å². The molecule has 6 nitrogen and oxygen atoms in total. The molecule has 1 aromatic rings. The fourth-order valence-corrected chi connectivity index (χ4v) is 3.12. The van der Waals surface area contributed by atoms with Crippen LogP contribution in [0.15, 0.2) is 6.07 Å². The van der Waals surface area contributed by atoms with Gasteiger partial charge >= 0.3 is 0 Å². The molecule has 114 valence electrons. The molecule has 21 heavy (non-hydrogen) atoms. The first-order chi connectivity index (χ1) is 10.2. The van der Waals surface area contributed by atoms with E-state index in [0.717, 1.165) is 50.0 Å². The number of nitrogens with one attached hydrogen (secondary N) is 1. The van der Waals surface area contributed by atoms with Crippen molar-refractivity contribution in [1.29, 1.82) is 0 Å². The van der Waals surface area contributed by atoms with Gasteiger partial charge < -0.3 is 15.1 Å². The maximum Gasteiger partial charge on any atom is 0.209 e. The van der Waals surface area contributed by atoms with Gasteiger partial charge in [0.05, 0.1) is 0 Å². The molecule has 0 unspecified atom stereocenters. The molecular formula is C15H23N5O. The summed E-state index contributed by atoms with van der Waals surface area (Å²) in [6.07, 6.45) is 6.01. The van der Waals surface area contributed by atoms with Crippen LogP contribution < -0.4 is 10.2 Å². The van der Waals surface area contributed by atoms with Crippen molar-refractivity contribution in [2.24, 2.45) is 0 Å². The Labute approximate surface area is 125 Å². The van der Waals surface area contributed by atoms with E-state index in [9.17, 15) is 4.79 Å². The maximum absolute atomic E-state index is 10.8. The minimum atomic E-state index is 0.555. The van der Waals surface area contributed by atoms with Gasteiger partial charge in [-0.05, 0) is 19.8 Å². The second-order valence-corrected chi connectivity index (χ2v) is 5.91. The summed E-state index contributed by atoms with van der Waals surface area (Å²) in [5.41, 5.74) is 0.